The third-order valence-corrected chi connectivity index (χ3v) is 3.61. The lowest BCUT2D eigenvalue weighted by Gasteiger charge is -2.25. The van der Waals surface area contributed by atoms with E-state index in [-0.39, 0.29) is 0 Å². The minimum atomic E-state index is 0.352. The predicted molar refractivity (Wildman–Crippen MR) is 81.9 cm³/mol. The fourth-order valence-electron chi connectivity index (χ4n) is 2.19. The van der Waals surface area contributed by atoms with Crippen LogP contribution in [0.5, 0.6) is 0 Å². The summed E-state index contributed by atoms with van der Waals surface area (Å²) in [6.45, 7) is 5.27. The molecule has 100 valence electrons. The fraction of sp³-hybridized carbons (Fsp3) is 0.294. The predicted octanol–water partition coefficient (Wildman–Crippen LogP) is 3.77. The summed E-state index contributed by atoms with van der Waals surface area (Å²) in [5.74, 6) is 0. The summed E-state index contributed by atoms with van der Waals surface area (Å²) in [6, 6.07) is 17.2. The third kappa shape index (κ3) is 3.58. The fourth-order valence-corrected chi connectivity index (χ4v) is 2.19. The van der Waals surface area contributed by atoms with Crippen molar-refractivity contribution in [3.8, 4) is 0 Å². The maximum Gasteiger partial charge on any atom is 0.0321 e. The number of benzene rings is 2. The third-order valence-electron chi connectivity index (χ3n) is 3.61. The number of nitrogens with two attached hydrogens (primary N) is 1. The molecule has 2 rings (SSSR count). The van der Waals surface area contributed by atoms with E-state index in [1.54, 1.807) is 0 Å². The van der Waals surface area contributed by atoms with Crippen LogP contribution < -0.4 is 5.73 Å². The van der Waals surface area contributed by atoms with Crippen molar-refractivity contribution in [2.75, 3.05) is 12.8 Å². The van der Waals surface area contributed by atoms with Crippen LogP contribution >= 0.6 is 0 Å². The standard InChI is InChI=1S/C17H22N2/c1-13-7-9-15(10-8-13)12-19(3)14(2)16-5-4-6-17(18)11-16/h4-11,14H,12,18H2,1-3H3. The Balaban J connectivity index is 2.07. The van der Waals surface area contributed by atoms with Crippen molar-refractivity contribution in [1.29, 1.82) is 0 Å². The van der Waals surface area contributed by atoms with Crippen molar-refractivity contribution in [3.63, 3.8) is 0 Å². The zero-order valence-corrected chi connectivity index (χ0v) is 11.9. The molecule has 0 saturated carbocycles. The molecule has 1 unspecified atom stereocenters. The number of hydrogen-bond donors (Lipinski definition) is 1. The van der Waals surface area contributed by atoms with Crippen LogP contribution in [0, 0.1) is 6.92 Å². The normalized spacial score (nSPS) is 12.6. The monoisotopic (exact) mass is 254 g/mol. The van der Waals surface area contributed by atoms with Crippen LogP contribution in [0.15, 0.2) is 48.5 Å². The first-order valence-electron chi connectivity index (χ1n) is 6.67. The molecular formula is C17H22N2. The first-order valence-corrected chi connectivity index (χ1v) is 6.67. The van der Waals surface area contributed by atoms with Gasteiger partial charge in [0.25, 0.3) is 0 Å². The van der Waals surface area contributed by atoms with Crippen LogP contribution in [-0.4, -0.2) is 11.9 Å². The Labute approximate surface area is 115 Å². The van der Waals surface area contributed by atoms with Gasteiger partial charge in [-0.2, -0.15) is 0 Å². The van der Waals surface area contributed by atoms with E-state index in [1.165, 1.54) is 16.7 Å². The Morgan fingerprint density at radius 2 is 1.79 bits per heavy atom. The topological polar surface area (TPSA) is 29.3 Å². The molecule has 2 N–H and O–H groups in total. The van der Waals surface area contributed by atoms with Crippen LogP contribution in [0.4, 0.5) is 5.69 Å². The number of rotatable bonds is 4. The highest BCUT2D eigenvalue weighted by Gasteiger charge is 2.12. The molecule has 19 heavy (non-hydrogen) atoms. The molecule has 2 nitrogen and oxygen atoms in total. The molecule has 0 aromatic heterocycles. The Morgan fingerprint density at radius 1 is 1.11 bits per heavy atom. The molecule has 0 aliphatic heterocycles. The Morgan fingerprint density at radius 3 is 2.42 bits per heavy atom. The molecule has 2 aromatic rings. The van der Waals surface area contributed by atoms with Crippen molar-refractivity contribution in [2.45, 2.75) is 26.4 Å². The minimum absolute atomic E-state index is 0.352. The molecule has 0 saturated heterocycles. The molecule has 2 aromatic carbocycles. The number of nitrogen functional groups attached to an aromatic ring is 1. The maximum atomic E-state index is 5.85. The van der Waals surface area contributed by atoms with Crippen molar-refractivity contribution in [1.82, 2.24) is 4.90 Å². The van der Waals surface area contributed by atoms with Crippen LogP contribution in [-0.2, 0) is 6.54 Å². The van der Waals surface area contributed by atoms with Gasteiger partial charge in [0.05, 0.1) is 0 Å². The lowest BCUT2D eigenvalue weighted by molar-refractivity contribution is 0.253. The Kier molecular flexibility index (Phi) is 4.23. The van der Waals surface area contributed by atoms with Crippen molar-refractivity contribution >= 4 is 5.69 Å². The summed E-state index contributed by atoms with van der Waals surface area (Å²) in [6.07, 6.45) is 0. The summed E-state index contributed by atoms with van der Waals surface area (Å²) in [4.78, 5) is 2.33. The maximum absolute atomic E-state index is 5.85. The zero-order valence-electron chi connectivity index (χ0n) is 11.9. The summed E-state index contributed by atoms with van der Waals surface area (Å²) in [7, 11) is 2.15. The molecule has 0 radical (unpaired) electrons. The van der Waals surface area contributed by atoms with Gasteiger partial charge in [-0.25, -0.2) is 0 Å². The lowest BCUT2D eigenvalue weighted by Crippen LogP contribution is -2.22. The zero-order chi connectivity index (χ0) is 13.8. The molecule has 0 heterocycles. The van der Waals surface area contributed by atoms with Crippen LogP contribution in [0.2, 0.25) is 0 Å². The van der Waals surface area contributed by atoms with Gasteiger partial charge in [0.15, 0.2) is 0 Å². The van der Waals surface area contributed by atoms with Gasteiger partial charge in [0, 0.05) is 18.3 Å². The van der Waals surface area contributed by atoms with Crippen molar-refractivity contribution < 1.29 is 0 Å². The highest BCUT2D eigenvalue weighted by atomic mass is 15.1. The van der Waals surface area contributed by atoms with Gasteiger partial charge in [-0.15, -0.1) is 0 Å². The molecule has 0 aliphatic carbocycles. The van der Waals surface area contributed by atoms with E-state index in [9.17, 15) is 0 Å². The van der Waals surface area contributed by atoms with Gasteiger partial charge in [0.1, 0.15) is 0 Å². The lowest BCUT2D eigenvalue weighted by atomic mass is 10.1. The van der Waals surface area contributed by atoms with E-state index in [0.717, 1.165) is 12.2 Å². The average molecular weight is 254 g/mol. The summed E-state index contributed by atoms with van der Waals surface area (Å²) < 4.78 is 0. The second-order valence-corrected chi connectivity index (χ2v) is 5.25. The van der Waals surface area contributed by atoms with Crippen LogP contribution in [0.1, 0.15) is 29.7 Å². The number of hydrogen-bond acceptors (Lipinski definition) is 2. The van der Waals surface area contributed by atoms with E-state index >= 15 is 0 Å². The van der Waals surface area contributed by atoms with E-state index in [1.807, 2.05) is 12.1 Å². The molecule has 0 fully saturated rings. The minimum Gasteiger partial charge on any atom is -0.399 e. The van der Waals surface area contributed by atoms with Gasteiger partial charge in [-0.3, -0.25) is 4.90 Å². The Bertz CT molecular complexity index is 531. The van der Waals surface area contributed by atoms with Gasteiger partial charge in [0.2, 0.25) is 0 Å². The van der Waals surface area contributed by atoms with Gasteiger partial charge < -0.3 is 5.73 Å². The van der Waals surface area contributed by atoms with E-state index < -0.39 is 0 Å². The number of aryl methyl sites for hydroxylation is 1. The first kappa shape index (κ1) is 13.6. The molecule has 1 atom stereocenters. The summed E-state index contributed by atoms with van der Waals surface area (Å²) in [5, 5.41) is 0. The average Bonchev–Trinajstić information content (AvgIpc) is 2.40. The SMILES string of the molecule is Cc1ccc(CN(C)C(C)c2cccc(N)c2)cc1. The smallest absolute Gasteiger partial charge is 0.0321 e. The quantitative estimate of drug-likeness (QED) is 0.842. The van der Waals surface area contributed by atoms with Crippen molar-refractivity contribution in [2.24, 2.45) is 0 Å². The summed E-state index contributed by atoms with van der Waals surface area (Å²) >= 11 is 0. The molecule has 0 spiro atoms. The van der Waals surface area contributed by atoms with Crippen molar-refractivity contribution in [3.05, 3.63) is 65.2 Å². The van der Waals surface area contributed by atoms with Gasteiger partial charge >= 0.3 is 0 Å². The molecule has 0 amide bonds. The van der Waals surface area contributed by atoms with Gasteiger partial charge in [-0.05, 0) is 44.2 Å². The second-order valence-electron chi connectivity index (χ2n) is 5.25. The molecule has 2 heteroatoms. The van der Waals surface area contributed by atoms with Crippen LogP contribution in [0.3, 0.4) is 0 Å². The number of anilines is 1. The number of nitrogens with zero attached hydrogens (tertiary/aromatic N) is 1. The van der Waals surface area contributed by atoms with Crippen LogP contribution in [0.25, 0.3) is 0 Å². The first-order chi connectivity index (χ1) is 9.06. The largest absolute Gasteiger partial charge is 0.399 e. The molecule has 0 bridgehead atoms. The van der Waals surface area contributed by atoms with Gasteiger partial charge in [-0.1, -0.05) is 42.0 Å². The van der Waals surface area contributed by atoms with E-state index in [0.29, 0.717) is 6.04 Å². The highest BCUT2D eigenvalue weighted by molar-refractivity contribution is 5.41. The van der Waals surface area contributed by atoms with E-state index in [4.69, 9.17) is 5.73 Å². The highest BCUT2D eigenvalue weighted by Crippen LogP contribution is 2.22. The van der Waals surface area contributed by atoms with E-state index in [2.05, 4.69) is 62.2 Å². The molecular weight excluding hydrogens is 232 g/mol. The Hall–Kier alpha value is -1.80. The second kappa shape index (κ2) is 5.89. The summed E-state index contributed by atoms with van der Waals surface area (Å²) in [5.41, 5.74) is 10.6. The molecule has 0 aliphatic rings.